The Kier molecular flexibility index (Phi) is 4.10. The molecule has 0 aromatic carbocycles. The van der Waals surface area contributed by atoms with Crippen LogP contribution in [0.2, 0.25) is 0 Å². The highest BCUT2D eigenvalue weighted by Gasteiger charge is 2.21. The first-order chi connectivity index (χ1) is 8.29. The maximum absolute atomic E-state index is 8.59. The van der Waals surface area contributed by atoms with Crippen LogP contribution in [0.25, 0.3) is 0 Å². The molecule has 17 heavy (non-hydrogen) atoms. The molecule has 2 rings (SSSR count). The molecule has 92 valence electrons. The SMILES string of the molecule is CC(CC#N)Cc1nc(C2CCCOC2)no1. The Morgan fingerprint density at radius 2 is 2.47 bits per heavy atom. The molecule has 1 aliphatic heterocycles. The molecule has 0 spiro atoms. The average molecular weight is 235 g/mol. The predicted octanol–water partition coefficient (Wildman–Crippen LogP) is 2.06. The minimum absolute atomic E-state index is 0.260. The lowest BCUT2D eigenvalue weighted by Gasteiger charge is -2.18. The first-order valence-corrected chi connectivity index (χ1v) is 6.06. The van der Waals surface area contributed by atoms with Gasteiger partial charge in [0.25, 0.3) is 0 Å². The van der Waals surface area contributed by atoms with Gasteiger partial charge in [-0.15, -0.1) is 0 Å². The van der Waals surface area contributed by atoms with Crippen molar-refractivity contribution in [2.75, 3.05) is 13.2 Å². The number of aromatic nitrogens is 2. The van der Waals surface area contributed by atoms with Crippen LogP contribution in [-0.2, 0) is 11.2 Å². The first-order valence-electron chi connectivity index (χ1n) is 6.06. The summed E-state index contributed by atoms with van der Waals surface area (Å²) in [6.07, 6.45) is 3.31. The predicted molar refractivity (Wildman–Crippen MR) is 60.2 cm³/mol. The van der Waals surface area contributed by atoms with Crippen LogP contribution in [0.1, 0.15) is 43.8 Å². The second-order valence-corrected chi connectivity index (χ2v) is 4.63. The average Bonchev–Trinajstić information content (AvgIpc) is 2.79. The lowest BCUT2D eigenvalue weighted by atomic mass is 10.0. The molecule has 1 aliphatic rings. The summed E-state index contributed by atoms with van der Waals surface area (Å²) in [5.41, 5.74) is 0. The van der Waals surface area contributed by atoms with Crippen molar-refractivity contribution in [3.63, 3.8) is 0 Å². The third-order valence-corrected chi connectivity index (χ3v) is 2.97. The normalized spacial score (nSPS) is 22.0. The third kappa shape index (κ3) is 3.27. The van der Waals surface area contributed by atoms with Gasteiger partial charge in [-0.2, -0.15) is 10.2 Å². The number of nitrogens with zero attached hydrogens (tertiary/aromatic N) is 3. The van der Waals surface area contributed by atoms with E-state index in [1.807, 2.05) is 6.92 Å². The van der Waals surface area contributed by atoms with Gasteiger partial charge in [-0.3, -0.25) is 0 Å². The lowest BCUT2D eigenvalue weighted by Crippen LogP contribution is -2.16. The van der Waals surface area contributed by atoms with Crippen molar-refractivity contribution in [3.05, 3.63) is 11.7 Å². The zero-order chi connectivity index (χ0) is 12.1. The molecule has 0 amide bonds. The Morgan fingerprint density at radius 1 is 1.59 bits per heavy atom. The number of hydrogen-bond acceptors (Lipinski definition) is 5. The van der Waals surface area contributed by atoms with Crippen LogP contribution in [-0.4, -0.2) is 23.4 Å². The highest BCUT2D eigenvalue weighted by molar-refractivity contribution is 4.97. The van der Waals surface area contributed by atoms with Crippen molar-refractivity contribution in [2.45, 2.75) is 38.5 Å². The molecule has 2 unspecified atom stereocenters. The van der Waals surface area contributed by atoms with Crippen molar-refractivity contribution in [3.8, 4) is 6.07 Å². The highest BCUT2D eigenvalue weighted by Crippen LogP contribution is 2.23. The van der Waals surface area contributed by atoms with E-state index in [1.54, 1.807) is 0 Å². The van der Waals surface area contributed by atoms with Gasteiger partial charge < -0.3 is 9.26 Å². The molecule has 0 bridgehead atoms. The van der Waals surface area contributed by atoms with Crippen LogP contribution in [0.15, 0.2) is 4.52 Å². The summed E-state index contributed by atoms with van der Waals surface area (Å²) in [5.74, 6) is 1.92. The summed E-state index contributed by atoms with van der Waals surface area (Å²) in [7, 11) is 0. The zero-order valence-corrected chi connectivity index (χ0v) is 10.1. The van der Waals surface area contributed by atoms with E-state index < -0.39 is 0 Å². The van der Waals surface area contributed by atoms with Crippen molar-refractivity contribution >= 4 is 0 Å². The van der Waals surface area contributed by atoms with E-state index in [0.29, 0.717) is 25.3 Å². The molecular weight excluding hydrogens is 218 g/mol. The van der Waals surface area contributed by atoms with Gasteiger partial charge in [-0.25, -0.2) is 0 Å². The minimum atomic E-state index is 0.260. The smallest absolute Gasteiger partial charge is 0.226 e. The van der Waals surface area contributed by atoms with Crippen molar-refractivity contribution in [2.24, 2.45) is 5.92 Å². The highest BCUT2D eigenvalue weighted by atomic mass is 16.5. The molecule has 5 nitrogen and oxygen atoms in total. The van der Waals surface area contributed by atoms with Crippen molar-refractivity contribution in [1.82, 2.24) is 10.1 Å². The molecule has 0 radical (unpaired) electrons. The quantitative estimate of drug-likeness (QED) is 0.798. The molecule has 1 aromatic heterocycles. The Bertz CT molecular complexity index is 391. The summed E-state index contributed by atoms with van der Waals surface area (Å²) in [6.45, 7) is 3.53. The second kappa shape index (κ2) is 5.78. The number of ether oxygens (including phenoxy) is 1. The molecule has 1 aromatic rings. The molecule has 2 atom stereocenters. The Balaban J connectivity index is 1.93. The summed E-state index contributed by atoms with van der Waals surface area (Å²) >= 11 is 0. The molecule has 5 heteroatoms. The van der Waals surface area contributed by atoms with Crippen LogP contribution in [0, 0.1) is 17.2 Å². The minimum Gasteiger partial charge on any atom is -0.381 e. The van der Waals surface area contributed by atoms with E-state index in [-0.39, 0.29) is 11.8 Å². The van der Waals surface area contributed by atoms with Gasteiger partial charge in [0.15, 0.2) is 5.82 Å². The number of nitriles is 1. The van der Waals surface area contributed by atoms with Gasteiger partial charge in [-0.05, 0) is 18.8 Å². The van der Waals surface area contributed by atoms with E-state index in [4.69, 9.17) is 14.5 Å². The van der Waals surface area contributed by atoms with Gasteiger partial charge in [0.05, 0.1) is 12.7 Å². The molecule has 0 N–H and O–H groups in total. The fraction of sp³-hybridized carbons (Fsp3) is 0.750. The van der Waals surface area contributed by atoms with E-state index in [1.165, 1.54) is 0 Å². The maximum Gasteiger partial charge on any atom is 0.226 e. The summed E-state index contributed by atoms with van der Waals surface area (Å²) < 4.78 is 10.6. The fourth-order valence-electron chi connectivity index (χ4n) is 1.99. The monoisotopic (exact) mass is 235 g/mol. The van der Waals surface area contributed by atoms with E-state index in [0.717, 1.165) is 25.3 Å². The molecule has 0 saturated carbocycles. The fourth-order valence-corrected chi connectivity index (χ4v) is 1.99. The summed E-state index contributed by atoms with van der Waals surface area (Å²) in [4.78, 5) is 4.39. The Hall–Kier alpha value is -1.41. The zero-order valence-electron chi connectivity index (χ0n) is 10.1. The van der Waals surface area contributed by atoms with Gasteiger partial charge in [0.1, 0.15) is 0 Å². The van der Waals surface area contributed by atoms with Gasteiger partial charge in [0, 0.05) is 25.4 Å². The summed E-state index contributed by atoms with van der Waals surface area (Å²) in [6, 6.07) is 2.15. The lowest BCUT2D eigenvalue weighted by molar-refractivity contribution is 0.0773. The van der Waals surface area contributed by atoms with Gasteiger partial charge in [0.2, 0.25) is 5.89 Å². The Morgan fingerprint density at radius 3 is 3.18 bits per heavy atom. The Labute approximate surface area is 101 Å². The second-order valence-electron chi connectivity index (χ2n) is 4.63. The number of hydrogen-bond donors (Lipinski definition) is 0. The molecule has 1 saturated heterocycles. The van der Waals surface area contributed by atoms with Crippen LogP contribution in [0.3, 0.4) is 0 Å². The van der Waals surface area contributed by atoms with Crippen LogP contribution < -0.4 is 0 Å². The van der Waals surface area contributed by atoms with Crippen molar-refractivity contribution in [1.29, 1.82) is 5.26 Å². The van der Waals surface area contributed by atoms with E-state index in [9.17, 15) is 0 Å². The maximum atomic E-state index is 8.59. The summed E-state index contributed by atoms with van der Waals surface area (Å²) in [5, 5.41) is 12.6. The van der Waals surface area contributed by atoms with Crippen LogP contribution in [0.5, 0.6) is 0 Å². The standard InChI is InChI=1S/C12H17N3O2/c1-9(4-5-13)7-11-14-12(15-17-11)10-3-2-6-16-8-10/h9-10H,2-4,6-8H2,1H3. The number of rotatable bonds is 4. The van der Waals surface area contributed by atoms with E-state index in [2.05, 4.69) is 16.2 Å². The van der Waals surface area contributed by atoms with Crippen LogP contribution >= 0.6 is 0 Å². The van der Waals surface area contributed by atoms with Crippen molar-refractivity contribution < 1.29 is 9.26 Å². The largest absolute Gasteiger partial charge is 0.381 e. The van der Waals surface area contributed by atoms with Gasteiger partial charge >= 0.3 is 0 Å². The third-order valence-electron chi connectivity index (χ3n) is 2.97. The molecule has 1 fully saturated rings. The molecule has 0 aliphatic carbocycles. The van der Waals surface area contributed by atoms with Gasteiger partial charge in [-0.1, -0.05) is 12.1 Å². The molecule has 2 heterocycles. The topological polar surface area (TPSA) is 71.9 Å². The first kappa shape index (κ1) is 12.1. The van der Waals surface area contributed by atoms with Crippen LogP contribution in [0.4, 0.5) is 0 Å². The van der Waals surface area contributed by atoms with E-state index >= 15 is 0 Å². The molecular formula is C12H17N3O2.